The van der Waals surface area contributed by atoms with Crippen LogP contribution in [0.3, 0.4) is 0 Å². The second kappa shape index (κ2) is 8.15. The Morgan fingerprint density at radius 1 is 1.41 bits per heavy atom. The van der Waals surface area contributed by atoms with Crippen LogP contribution in [0.15, 0.2) is 24.3 Å². The maximum atomic E-state index is 12.0. The van der Waals surface area contributed by atoms with E-state index in [1.54, 1.807) is 29.2 Å². The van der Waals surface area contributed by atoms with Crippen LogP contribution in [0.5, 0.6) is 0 Å². The van der Waals surface area contributed by atoms with Gasteiger partial charge >= 0.3 is 0 Å². The van der Waals surface area contributed by atoms with Gasteiger partial charge in [0.2, 0.25) is 11.8 Å². The lowest BCUT2D eigenvalue weighted by Gasteiger charge is -2.24. The molecule has 2 rings (SSSR count). The topological polar surface area (TPSA) is 58.6 Å². The molecule has 1 heterocycles. The number of nitrogens with zero attached hydrogens (tertiary/aromatic N) is 1. The molecule has 0 bridgehead atoms. The Morgan fingerprint density at radius 3 is 2.82 bits per heavy atom. The van der Waals surface area contributed by atoms with Gasteiger partial charge in [0.15, 0.2) is 0 Å². The summed E-state index contributed by atoms with van der Waals surface area (Å²) in [7, 11) is 0. The van der Waals surface area contributed by atoms with Crippen molar-refractivity contribution in [1.29, 1.82) is 0 Å². The van der Waals surface area contributed by atoms with E-state index in [0.29, 0.717) is 23.8 Å². The van der Waals surface area contributed by atoms with Crippen molar-refractivity contribution in [3.8, 4) is 0 Å². The fourth-order valence-corrected chi connectivity index (χ4v) is 2.61. The summed E-state index contributed by atoms with van der Waals surface area (Å²) >= 11 is 6.00. The summed E-state index contributed by atoms with van der Waals surface area (Å²) in [5, 5.41) is 3.26. The SMILES string of the molecule is CC(=O)N(CCC(=O)Nc1ccccc1Cl)CC1CCCO1. The average molecular weight is 325 g/mol. The van der Waals surface area contributed by atoms with E-state index in [4.69, 9.17) is 16.3 Å². The number of carbonyl (C=O) groups excluding carboxylic acids is 2. The standard InChI is InChI=1S/C16H21ClN2O3/c1-12(20)19(11-13-5-4-10-22-13)9-8-16(21)18-15-7-3-2-6-14(15)17/h2-3,6-7,13H,4-5,8-11H2,1H3,(H,18,21). The van der Waals surface area contributed by atoms with E-state index >= 15 is 0 Å². The van der Waals surface area contributed by atoms with Crippen LogP contribution >= 0.6 is 11.6 Å². The minimum Gasteiger partial charge on any atom is -0.376 e. The molecule has 1 aromatic carbocycles. The van der Waals surface area contributed by atoms with E-state index in [-0.39, 0.29) is 24.3 Å². The van der Waals surface area contributed by atoms with Crippen molar-refractivity contribution in [3.63, 3.8) is 0 Å². The lowest BCUT2D eigenvalue weighted by molar-refractivity contribution is -0.130. The van der Waals surface area contributed by atoms with Crippen molar-refractivity contribution >= 4 is 29.1 Å². The van der Waals surface area contributed by atoms with Crippen molar-refractivity contribution in [3.05, 3.63) is 29.3 Å². The molecule has 1 unspecified atom stereocenters. The average Bonchev–Trinajstić information content (AvgIpc) is 2.98. The van der Waals surface area contributed by atoms with E-state index in [9.17, 15) is 9.59 Å². The highest BCUT2D eigenvalue weighted by molar-refractivity contribution is 6.33. The number of anilines is 1. The van der Waals surface area contributed by atoms with E-state index < -0.39 is 0 Å². The van der Waals surface area contributed by atoms with Gasteiger partial charge in [0.05, 0.1) is 16.8 Å². The third kappa shape index (κ3) is 5.00. The molecule has 0 aromatic heterocycles. The van der Waals surface area contributed by atoms with Crippen LogP contribution in [0.4, 0.5) is 5.69 Å². The Balaban J connectivity index is 1.82. The second-order valence-corrected chi connectivity index (χ2v) is 5.79. The van der Waals surface area contributed by atoms with Gasteiger partial charge in [-0.3, -0.25) is 9.59 Å². The number of benzene rings is 1. The molecule has 1 N–H and O–H groups in total. The van der Waals surface area contributed by atoms with Crippen LogP contribution in [0.25, 0.3) is 0 Å². The fraction of sp³-hybridized carbons (Fsp3) is 0.500. The molecule has 0 spiro atoms. The van der Waals surface area contributed by atoms with E-state index in [1.165, 1.54) is 6.92 Å². The molecule has 0 saturated carbocycles. The zero-order valence-electron chi connectivity index (χ0n) is 12.7. The highest BCUT2D eigenvalue weighted by atomic mass is 35.5. The van der Waals surface area contributed by atoms with Gasteiger partial charge in [-0.05, 0) is 25.0 Å². The maximum Gasteiger partial charge on any atom is 0.226 e. The van der Waals surface area contributed by atoms with Gasteiger partial charge in [0.25, 0.3) is 0 Å². The molecular formula is C16H21ClN2O3. The maximum absolute atomic E-state index is 12.0. The van der Waals surface area contributed by atoms with Crippen LogP contribution in [-0.4, -0.2) is 42.5 Å². The van der Waals surface area contributed by atoms with Gasteiger partial charge in [0.1, 0.15) is 0 Å². The second-order valence-electron chi connectivity index (χ2n) is 5.38. The summed E-state index contributed by atoms with van der Waals surface area (Å²) in [4.78, 5) is 25.3. The van der Waals surface area contributed by atoms with Crippen molar-refractivity contribution in [1.82, 2.24) is 4.90 Å². The Kier molecular flexibility index (Phi) is 6.21. The minimum absolute atomic E-state index is 0.0407. The van der Waals surface area contributed by atoms with E-state index in [0.717, 1.165) is 19.4 Å². The van der Waals surface area contributed by atoms with Crippen molar-refractivity contribution in [2.24, 2.45) is 0 Å². The van der Waals surface area contributed by atoms with Crippen LogP contribution < -0.4 is 5.32 Å². The van der Waals surface area contributed by atoms with Crippen LogP contribution in [0.2, 0.25) is 5.02 Å². The van der Waals surface area contributed by atoms with Crippen LogP contribution in [0, 0.1) is 0 Å². The quantitative estimate of drug-likeness (QED) is 0.875. The first-order chi connectivity index (χ1) is 10.6. The minimum atomic E-state index is -0.160. The molecule has 1 saturated heterocycles. The first-order valence-corrected chi connectivity index (χ1v) is 7.85. The number of nitrogens with one attached hydrogen (secondary N) is 1. The summed E-state index contributed by atoms with van der Waals surface area (Å²) in [6.45, 7) is 3.20. The number of halogens is 1. The van der Waals surface area contributed by atoms with Crippen molar-refractivity contribution in [2.75, 3.05) is 25.0 Å². The summed E-state index contributed by atoms with van der Waals surface area (Å²) in [6, 6.07) is 7.07. The Morgan fingerprint density at radius 2 is 2.18 bits per heavy atom. The van der Waals surface area contributed by atoms with Gasteiger partial charge in [-0.1, -0.05) is 23.7 Å². The number of para-hydroxylation sites is 1. The van der Waals surface area contributed by atoms with E-state index in [1.807, 2.05) is 0 Å². The van der Waals surface area contributed by atoms with Gasteiger partial charge < -0.3 is 15.0 Å². The Hall–Kier alpha value is -1.59. The lowest BCUT2D eigenvalue weighted by Crippen LogP contribution is -2.37. The molecule has 6 heteroatoms. The zero-order valence-corrected chi connectivity index (χ0v) is 13.4. The summed E-state index contributed by atoms with van der Waals surface area (Å²) in [5.74, 6) is -0.201. The van der Waals surface area contributed by atoms with Crippen molar-refractivity contribution < 1.29 is 14.3 Å². The van der Waals surface area contributed by atoms with E-state index in [2.05, 4.69) is 5.32 Å². The van der Waals surface area contributed by atoms with Gasteiger partial charge in [-0.2, -0.15) is 0 Å². The third-order valence-corrected chi connectivity index (χ3v) is 3.98. The number of amides is 2. The smallest absolute Gasteiger partial charge is 0.226 e. The lowest BCUT2D eigenvalue weighted by atomic mass is 10.2. The van der Waals surface area contributed by atoms with Gasteiger partial charge in [0, 0.05) is 33.0 Å². The molecule has 5 nitrogen and oxygen atoms in total. The first-order valence-electron chi connectivity index (χ1n) is 7.48. The number of ether oxygens (including phenoxy) is 1. The molecule has 1 aliphatic rings. The van der Waals surface area contributed by atoms with Crippen molar-refractivity contribution in [2.45, 2.75) is 32.3 Å². The van der Waals surface area contributed by atoms with Gasteiger partial charge in [-0.25, -0.2) is 0 Å². The highest BCUT2D eigenvalue weighted by Crippen LogP contribution is 2.20. The summed E-state index contributed by atoms with van der Waals surface area (Å²) in [5.41, 5.74) is 0.586. The summed E-state index contributed by atoms with van der Waals surface area (Å²) < 4.78 is 5.54. The molecule has 120 valence electrons. The molecular weight excluding hydrogens is 304 g/mol. The number of rotatable bonds is 6. The highest BCUT2D eigenvalue weighted by Gasteiger charge is 2.21. The molecule has 22 heavy (non-hydrogen) atoms. The Labute approximate surface area is 135 Å². The summed E-state index contributed by atoms with van der Waals surface area (Å²) in [6.07, 6.45) is 2.33. The number of hydrogen-bond acceptors (Lipinski definition) is 3. The molecule has 1 aromatic rings. The monoisotopic (exact) mass is 324 g/mol. The van der Waals surface area contributed by atoms with Gasteiger partial charge in [-0.15, -0.1) is 0 Å². The Bertz CT molecular complexity index is 530. The third-order valence-electron chi connectivity index (χ3n) is 3.65. The normalized spacial score (nSPS) is 17.3. The molecule has 1 fully saturated rings. The number of hydrogen-bond donors (Lipinski definition) is 1. The predicted molar refractivity (Wildman–Crippen MR) is 85.9 cm³/mol. The molecule has 2 amide bonds. The molecule has 0 aliphatic carbocycles. The zero-order chi connectivity index (χ0) is 15.9. The van der Waals surface area contributed by atoms with Crippen LogP contribution in [-0.2, 0) is 14.3 Å². The first kappa shape index (κ1) is 16.8. The predicted octanol–water partition coefficient (Wildman–Crippen LogP) is 2.70. The van der Waals surface area contributed by atoms with Crippen LogP contribution in [0.1, 0.15) is 26.2 Å². The fourth-order valence-electron chi connectivity index (χ4n) is 2.42. The molecule has 1 atom stereocenters. The molecule has 1 aliphatic heterocycles. The molecule has 0 radical (unpaired) electrons. The number of carbonyl (C=O) groups is 2. The largest absolute Gasteiger partial charge is 0.376 e.